The van der Waals surface area contributed by atoms with Crippen molar-refractivity contribution in [1.29, 1.82) is 0 Å². The third-order valence-electron chi connectivity index (χ3n) is 2.83. The molecule has 0 atom stereocenters. The van der Waals surface area contributed by atoms with Gasteiger partial charge in [0, 0.05) is 6.20 Å². The fraction of sp³-hybridized carbons (Fsp3) is 0.231. The highest BCUT2D eigenvalue weighted by Gasteiger charge is 2.16. The Kier molecular flexibility index (Phi) is 3.14. The third-order valence-corrected chi connectivity index (χ3v) is 2.83. The first-order valence-electron chi connectivity index (χ1n) is 5.53. The van der Waals surface area contributed by atoms with E-state index in [1.165, 1.54) is 19.4 Å². The summed E-state index contributed by atoms with van der Waals surface area (Å²) in [5.41, 5.74) is 0.336. The molecular weight excluding hydrogens is 235 g/mol. The summed E-state index contributed by atoms with van der Waals surface area (Å²) in [7, 11) is 1.45. The highest BCUT2D eigenvalue weighted by atomic mass is 19.1. The number of nitrogens with zero attached hydrogens (tertiary/aromatic N) is 1. The molecule has 0 fully saturated rings. The van der Waals surface area contributed by atoms with Crippen molar-refractivity contribution in [2.24, 2.45) is 0 Å². The van der Waals surface area contributed by atoms with Gasteiger partial charge in [0.1, 0.15) is 11.4 Å². The molecule has 5 heteroatoms. The molecule has 0 aliphatic rings. The molecule has 2 rings (SSSR count). The number of rotatable bonds is 3. The highest BCUT2D eigenvalue weighted by molar-refractivity contribution is 5.87. The van der Waals surface area contributed by atoms with Crippen molar-refractivity contribution in [3.05, 3.63) is 40.2 Å². The molecule has 0 spiro atoms. The fourth-order valence-electron chi connectivity index (χ4n) is 1.95. The van der Waals surface area contributed by atoms with E-state index in [1.54, 1.807) is 0 Å². The number of halogens is 1. The summed E-state index contributed by atoms with van der Waals surface area (Å²) in [6.45, 7) is 5.31. The Bertz CT molecular complexity index is 677. The smallest absolute Gasteiger partial charge is 0.255 e. The lowest BCUT2D eigenvalue weighted by Crippen LogP contribution is -2.15. The van der Waals surface area contributed by atoms with E-state index in [0.717, 1.165) is 0 Å². The van der Waals surface area contributed by atoms with Crippen LogP contribution in [-0.4, -0.2) is 17.1 Å². The second-order valence-electron chi connectivity index (χ2n) is 3.77. The number of pyridine rings is 2. The molecule has 2 aromatic rings. The second kappa shape index (κ2) is 4.60. The molecule has 0 amide bonds. The Morgan fingerprint density at radius 1 is 1.61 bits per heavy atom. The van der Waals surface area contributed by atoms with Crippen LogP contribution < -0.4 is 10.3 Å². The summed E-state index contributed by atoms with van der Waals surface area (Å²) in [4.78, 5) is 18.3. The molecule has 0 aliphatic carbocycles. The first kappa shape index (κ1) is 12.3. The first-order chi connectivity index (χ1) is 8.63. The zero-order valence-electron chi connectivity index (χ0n) is 10.2. The van der Waals surface area contributed by atoms with Crippen molar-refractivity contribution in [3.63, 3.8) is 0 Å². The molecule has 2 aromatic heterocycles. The van der Waals surface area contributed by atoms with Gasteiger partial charge in [-0.2, -0.15) is 0 Å². The van der Waals surface area contributed by atoms with Crippen LogP contribution in [0.2, 0.25) is 0 Å². The van der Waals surface area contributed by atoms with Crippen LogP contribution in [0.3, 0.4) is 0 Å². The zero-order chi connectivity index (χ0) is 13.3. The Hall–Kier alpha value is -2.17. The molecule has 4 nitrogen and oxygen atoms in total. The molecule has 2 heterocycles. The molecule has 1 N–H and O–H groups in total. The van der Waals surface area contributed by atoms with Crippen molar-refractivity contribution in [1.82, 2.24) is 9.97 Å². The summed E-state index contributed by atoms with van der Waals surface area (Å²) in [5, 5.41) is 0.456. The van der Waals surface area contributed by atoms with E-state index in [1.807, 2.05) is 6.92 Å². The van der Waals surface area contributed by atoms with E-state index in [-0.39, 0.29) is 16.8 Å². The number of ether oxygens (including phenoxy) is 1. The number of nitrogens with one attached hydrogen (secondary N) is 1. The van der Waals surface area contributed by atoms with Gasteiger partial charge >= 0.3 is 0 Å². The lowest BCUT2D eigenvalue weighted by Gasteiger charge is -2.10. The van der Waals surface area contributed by atoms with Crippen molar-refractivity contribution in [2.75, 3.05) is 7.11 Å². The number of methoxy groups -OCH3 is 1. The van der Waals surface area contributed by atoms with Gasteiger partial charge in [0.05, 0.1) is 23.6 Å². The van der Waals surface area contributed by atoms with Gasteiger partial charge < -0.3 is 9.72 Å². The zero-order valence-corrected chi connectivity index (χ0v) is 10.2. The Morgan fingerprint density at radius 3 is 2.89 bits per heavy atom. The Morgan fingerprint density at radius 2 is 2.33 bits per heavy atom. The minimum absolute atomic E-state index is 0.0963. The Balaban J connectivity index is 2.96. The van der Waals surface area contributed by atoms with Crippen LogP contribution in [0.5, 0.6) is 5.75 Å². The molecule has 94 valence electrons. The van der Waals surface area contributed by atoms with E-state index in [9.17, 15) is 9.18 Å². The molecule has 0 bridgehead atoms. The van der Waals surface area contributed by atoms with E-state index in [0.29, 0.717) is 23.1 Å². The fourth-order valence-corrected chi connectivity index (χ4v) is 1.95. The van der Waals surface area contributed by atoms with E-state index < -0.39 is 5.82 Å². The summed E-state index contributed by atoms with van der Waals surface area (Å²) in [6, 6.07) is 0. The molecular formula is C13H13FN2O2. The largest absolute Gasteiger partial charge is 0.495 e. The van der Waals surface area contributed by atoms with Gasteiger partial charge in [-0.3, -0.25) is 9.78 Å². The summed E-state index contributed by atoms with van der Waals surface area (Å²) >= 11 is 0. The molecule has 18 heavy (non-hydrogen) atoms. The number of hydrogen-bond donors (Lipinski definition) is 1. The summed E-state index contributed by atoms with van der Waals surface area (Å²) in [6.07, 6.45) is 3.27. The van der Waals surface area contributed by atoms with Crippen LogP contribution in [0.15, 0.2) is 17.6 Å². The van der Waals surface area contributed by atoms with Crippen LogP contribution in [0.1, 0.15) is 18.2 Å². The van der Waals surface area contributed by atoms with Gasteiger partial charge in [-0.1, -0.05) is 13.5 Å². The van der Waals surface area contributed by atoms with Crippen LogP contribution in [-0.2, 0) is 6.42 Å². The number of H-pyrrole nitrogens is 1. The predicted molar refractivity (Wildman–Crippen MR) is 68.3 cm³/mol. The van der Waals surface area contributed by atoms with Crippen LogP contribution in [0, 0.1) is 5.82 Å². The minimum atomic E-state index is -0.597. The number of aromatic amines is 1. The van der Waals surface area contributed by atoms with Crippen LogP contribution in [0.4, 0.5) is 4.39 Å². The van der Waals surface area contributed by atoms with E-state index in [4.69, 9.17) is 4.74 Å². The van der Waals surface area contributed by atoms with Crippen molar-refractivity contribution < 1.29 is 9.13 Å². The molecule has 0 aromatic carbocycles. The summed E-state index contributed by atoms with van der Waals surface area (Å²) < 4.78 is 19.2. The molecule has 0 saturated heterocycles. The number of fused-ring (bicyclic) bond motifs is 1. The maximum absolute atomic E-state index is 14.0. The maximum atomic E-state index is 14.0. The van der Waals surface area contributed by atoms with Gasteiger partial charge in [0.15, 0.2) is 5.82 Å². The quantitative estimate of drug-likeness (QED) is 0.906. The molecule has 0 radical (unpaired) electrons. The van der Waals surface area contributed by atoms with Gasteiger partial charge in [-0.05, 0) is 12.5 Å². The van der Waals surface area contributed by atoms with Crippen molar-refractivity contribution in [3.8, 4) is 5.75 Å². The molecule has 0 saturated carbocycles. The van der Waals surface area contributed by atoms with Gasteiger partial charge in [-0.25, -0.2) is 4.39 Å². The first-order valence-corrected chi connectivity index (χ1v) is 5.53. The number of aromatic nitrogens is 2. The maximum Gasteiger partial charge on any atom is 0.255 e. The Labute approximate surface area is 103 Å². The lowest BCUT2D eigenvalue weighted by atomic mass is 10.1. The van der Waals surface area contributed by atoms with Crippen LogP contribution >= 0.6 is 0 Å². The molecule has 0 unspecified atom stereocenters. The van der Waals surface area contributed by atoms with Crippen molar-refractivity contribution in [2.45, 2.75) is 13.3 Å². The number of hydrogen-bond acceptors (Lipinski definition) is 3. The topological polar surface area (TPSA) is 55.0 Å². The average molecular weight is 248 g/mol. The van der Waals surface area contributed by atoms with Crippen molar-refractivity contribution >= 4 is 17.0 Å². The van der Waals surface area contributed by atoms with Gasteiger partial charge in [0.2, 0.25) is 0 Å². The minimum Gasteiger partial charge on any atom is -0.495 e. The van der Waals surface area contributed by atoms with E-state index in [2.05, 4.69) is 16.5 Å². The summed E-state index contributed by atoms with van der Waals surface area (Å²) in [5.74, 6) is -0.223. The normalized spacial score (nSPS) is 10.6. The predicted octanol–water partition coefficient (Wildman–Crippen LogP) is 2.28. The highest BCUT2D eigenvalue weighted by Crippen LogP contribution is 2.28. The second-order valence-corrected chi connectivity index (χ2v) is 3.77. The third kappa shape index (κ3) is 1.68. The SMILES string of the molecule is C=Cc1ncc2c(OC)c(CC)c(=O)[nH]c2c1F. The van der Waals surface area contributed by atoms with Gasteiger partial charge in [0.25, 0.3) is 5.56 Å². The lowest BCUT2D eigenvalue weighted by molar-refractivity contribution is 0.413. The van der Waals surface area contributed by atoms with Gasteiger partial charge in [-0.15, -0.1) is 0 Å². The monoisotopic (exact) mass is 248 g/mol. The van der Waals surface area contributed by atoms with E-state index >= 15 is 0 Å². The van der Waals surface area contributed by atoms with Crippen LogP contribution in [0.25, 0.3) is 17.0 Å². The average Bonchev–Trinajstić information content (AvgIpc) is 2.38. The molecule has 0 aliphatic heterocycles. The standard InChI is InChI=1S/C13H13FN2O2/c1-4-7-12(18-3)8-6-15-9(5-2)10(14)11(8)16-13(7)17/h5-6H,2,4H2,1,3H3,(H,16,17).